The lowest BCUT2D eigenvalue weighted by molar-refractivity contribution is 0.414. The summed E-state index contributed by atoms with van der Waals surface area (Å²) in [6.45, 7) is 2.97. The van der Waals surface area contributed by atoms with Gasteiger partial charge in [-0.3, -0.25) is 0 Å². The molecular formula is C17H20ClNO. The van der Waals surface area contributed by atoms with Crippen LogP contribution in [-0.4, -0.2) is 7.11 Å². The highest BCUT2D eigenvalue weighted by Gasteiger charge is 2.08. The van der Waals surface area contributed by atoms with Crippen molar-refractivity contribution in [3.63, 3.8) is 0 Å². The number of methoxy groups -OCH3 is 1. The Morgan fingerprint density at radius 2 is 1.90 bits per heavy atom. The van der Waals surface area contributed by atoms with E-state index in [4.69, 9.17) is 16.3 Å². The van der Waals surface area contributed by atoms with Crippen LogP contribution in [0.2, 0.25) is 5.02 Å². The number of rotatable bonds is 6. The van der Waals surface area contributed by atoms with E-state index in [9.17, 15) is 0 Å². The van der Waals surface area contributed by atoms with Gasteiger partial charge in [0, 0.05) is 12.6 Å². The van der Waals surface area contributed by atoms with E-state index in [0.29, 0.717) is 16.8 Å². The van der Waals surface area contributed by atoms with Crippen LogP contribution in [0.3, 0.4) is 0 Å². The molecule has 0 heterocycles. The summed E-state index contributed by atoms with van der Waals surface area (Å²) in [6.07, 6.45) is 1.05. The van der Waals surface area contributed by atoms with Crippen molar-refractivity contribution in [3.05, 3.63) is 64.7 Å². The maximum Gasteiger partial charge on any atom is 0.137 e. The number of nitrogens with one attached hydrogen (secondary N) is 1. The zero-order chi connectivity index (χ0) is 14.4. The molecule has 106 valence electrons. The third-order valence-corrected chi connectivity index (χ3v) is 3.67. The molecule has 1 N–H and O–H groups in total. The third kappa shape index (κ3) is 3.75. The van der Waals surface area contributed by atoms with E-state index in [0.717, 1.165) is 18.5 Å². The van der Waals surface area contributed by atoms with Crippen LogP contribution in [0.5, 0.6) is 5.75 Å². The Morgan fingerprint density at radius 1 is 1.15 bits per heavy atom. The highest BCUT2D eigenvalue weighted by Crippen LogP contribution is 2.25. The maximum atomic E-state index is 6.14. The molecule has 0 fully saturated rings. The van der Waals surface area contributed by atoms with E-state index in [-0.39, 0.29) is 0 Å². The van der Waals surface area contributed by atoms with Gasteiger partial charge in [-0.2, -0.15) is 0 Å². The Labute approximate surface area is 125 Å². The Hall–Kier alpha value is -1.51. The number of hydrogen-bond donors (Lipinski definition) is 1. The van der Waals surface area contributed by atoms with Crippen LogP contribution in [0.1, 0.15) is 30.5 Å². The quantitative estimate of drug-likeness (QED) is 0.840. The van der Waals surface area contributed by atoms with E-state index >= 15 is 0 Å². The Morgan fingerprint density at radius 3 is 2.50 bits per heavy atom. The largest absolute Gasteiger partial charge is 0.495 e. The Balaban J connectivity index is 2.02. The van der Waals surface area contributed by atoms with Crippen LogP contribution >= 0.6 is 11.6 Å². The predicted octanol–water partition coefficient (Wildman–Crippen LogP) is 4.59. The average Bonchev–Trinajstić information content (AvgIpc) is 2.49. The van der Waals surface area contributed by atoms with Crippen molar-refractivity contribution < 1.29 is 4.74 Å². The Bertz CT molecular complexity index is 542. The molecule has 0 aliphatic heterocycles. The standard InChI is InChI=1S/C17H20ClNO/c1-3-16(14-7-5-4-6-8-14)19-12-13-9-10-17(20-2)15(18)11-13/h4-11,16,19H,3,12H2,1-2H3. The minimum Gasteiger partial charge on any atom is -0.495 e. The normalized spacial score (nSPS) is 12.2. The minimum absolute atomic E-state index is 0.358. The molecule has 0 saturated heterocycles. The molecule has 2 aromatic carbocycles. The van der Waals surface area contributed by atoms with E-state index < -0.39 is 0 Å². The van der Waals surface area contributed by atoms with Crippen LogP contribution < -0.4 is 10.1 Å². The van der Waals surface area contributed by atoms with Crippen LogP contribution in [0.4, 0.5) is 0 Å². The number of benzene rings is 2. The smallest absolute Gasteiger partial charge is 0.137 e. The molecule has 0 aromatic heterocycles. The van der Waals surface area contributed by atoms with Gasteiger partial charge < -0.3 is 10.1 Å². The second-order valence-electron chi connectivity index (χ2n) is 4.72. The van der Waals surface area contributed by atoms with Gasteiger partial charge in [0.25, 0.3) is 0 Å². The van der Waals surface area contributed by atoms with E-state index in [1.807, 2.05) is 24.3 Å². The van der Waals surface area contributed by atoms with Crippen LogP contribution in [0.25, 0.3) is 0 Å². The monoisotopic (exact) mass is 289 g/mol. The summed E-state index contributed by atoms with van der Waals surface area (Å²) < 4.78 is 5.16. The molecule has 0 radical (unpaired) electrons. The molecular weight excluding hydrogens is 270 g/mol. The lowest BCUT2D eigenvalue weighted by Gasteiger charge is -2.17. The molecule has 2 aromatic rings. The third-order valence-electron chi connectivity index (χ3n) is 3.38. The van der Waals surface area contributed by atoms with Crippen molar-refractivity contribution in [2.75, 3.05) is 7.11 Å². The molecule has 0 spiro atoms. The average molecular weight is 290 g/mol. The first-order valence-corrected chi connectivity index (χ1v) is 7.23. The van der Waals surface area contributed by atoms with Gasteiger partial charge in [-0.1, -0.05) is 54.9 Å². The second kappa shape index (κ2) is 7.32. The molecule has 0 amide bonds. The molecule has 1 atom stereocenters. The van der Waals surface area contributed by atoms with Gasteiger partial charge in [-0.15, -0.1) is 0 Å². The fourth-order valence-electron chi connectivity index (χ4n) is 2.24. The maximum absolute atomic E-state index is 6.14. The first-order chi connectivity index (χ1) is 9.74. The molecule has 20 heavy (non-hydrogen) atoms. The summed E-state index contributed by atoms with van der Waals surface area (Å²) in [6, 6.07) is 16.7. The summed E-state index contributed by atoms with van der Waals surface area (Å²) in [5.41, 5.74) is 2.47. The van der Waals surface area contributed by atoms with Gasteiger partial charge in [0.2, 0.25) is 0 Å². The first kappa shape index (κ1) is 14.9. The number of halogens is 1. The first-order valence-electron chi connectivity index (χ1n) is 6.85. The summed E-state index contributed by atoms with van der Waals surface area (Å²) in [7, 11) is 1.63. The molecule has 3 heteroatoms. The highest BCUT2D eigenvalue weighted by atomic mass is 35.5. The van der Waals surface area contributed by atoms with Crippen molar-refractivity contribution >= 4 is 11.6 Å². The number of hydrogen-bond acceptors (Lipinski definition) is 2. The SMILES string of the molecule is CCC(NCc1ccc(OC)c(Cl)c1)c1ccccc1. The topological polar surface area (TPSA) is 21.3 Å². The molecule has 0 aliphatic rings. The summed E-state index contributed by atoms with van der Waals surface area (Å²) in [5.74, 6) is 0.713. The molecule has 2 nitrogen and oxygen atoms in total. The molecule has 0 aliphatic carbocycles. The van der Waals surface area contributed by atoms with Crippen molar-refractivity contribution in [2.45, 2.75) is 25.9 Å². The summed E-state index contributed by atoms with van der Waals surface area (Å²) in [5, 5.41) is 4.22. The fourth-order valence-corrected chi connectivity index (χ4v) is 2.52. The lowest BCUT2D eigenvalue weighted by atomic mass is 10.0. The van der Waals surface area contributed by atoms with Crippen LogP contribution in [-0.2, 0) is 6.54 Å². The van der Waals surface area contributed by atoms with Crippen molar-refractivity contribution in [3.8, 4) is 5.75 Å². The highest BCUT2D eigenvalue weighted by molar-refractivity contribution is 6.32. The van der Waals surface area contributed by atoms with Crippen molar-refractivity contribution in [2.24, 2.45) is 0 Å². The summed E-state index contributed by atoms with van der Waals surface area (Å²) >= 11 is 6.14. The van der Waals surface area contributed by atoms with Crippen LogP contribution in [0, 0.1) is 0 Å². The molecule has 0 bridgehead atoms. The zero-order valence-electron chi connectivity index (χ0n) is 11.9. The van der Waals surface area contributed by atoms with Crippen molar-refractivity contribution in [1.29, 1.82) is 0 Å². The molecule has 1 unspecified atom stereocenters. The van der Waals surface area contributed by atoms with E-state index in [1.54, 1.807) is 7.11 Å². The van der Waals surface area contributed by atoms with Gasteiger partial charge >= 0.3 is 0 Å². The minimum atomic E-state index is 0.358. The number of ether oxygens (including phenoxy) is 1. The van der Waals surface area contributed by atoms with Gasteiger partial charge in [-0.25, -0.2) is 0 Å². The predicted molar refractivity (Wildman–Crippen MR) is 84.3 cm³/mol. The zero-order valence-corrected chi connectivity index (χ0v) is 12.7. The summed E-state index contributed by atoms with van der Waals surface area (Å²) in [4.78, 5) is 0. The van der Waals surface area contributed by atoms with Crippen molar-refractivity contribution in [1.82, 2.24) is 5.32 Å². The van der Waals surface area contributed by atoms with E-state index in [1.165, 1.54) is 5.56 Å². The van der Waals surface area contributed by atoms with Gasteiger partial charge in [0.15, 0.2) is 0 Å². The van der Waals surface area contributed by atoms with E-state index in [2.05, 4.69) is 36.5 Å². The second-order valence-corrected chi connectivity index (χ2v) is 5.13. The lowest BCUT2D eigenvalue weighted by Crippen LogP contribution is -2.20. The van der Waals surface area contributed by atoms with Crippen LogP contribution in [0.15, 0.2) is 48.5 Å². The molecule has 0 saturated carbocycles. The molecule has 2 rings (SSSR count). The Kier molecular flexibility index (Phi) is 5.45. The van der Waals surface area contributed by atoms with Gasteiger partial charge in [-0.05, 0) is 29.7 Å². The van der Waals surface area contributed by atoms with Gasteiger partial charge in [0.05, 0.1) is 12.1 Å². The fraction of sp³-hybridized carbons (Fsp3) is 0.294. The van der Waals surface area contributed by atoms with Gasteiger partial charge in [0.1, 0.15) is 5.75 Å².